The largest absolute Gasteiger partial charge is 0.472 e. The van der Waals surface area contributed by atoms with E-state index in [1.54, 1.807) is 17.3 Å². The maximum Gasteiger partial charge on any atom is 0.258 e. The number of carbonyl (C=O) groups is 1. The standard InChI is InChI=1S/C13H18N4O2/c18-11-2-1-9-17(11)12-13(16-8-7-15-12)19-10-3-5-14-6-4-10/h7-8,10,14H,1-6,9H2. The Labute approximate surface area is 112 Å². The number of rotatable bonds is 3. The van der Waals surface area contributed by atoms with Gasteiger partial charge in [-0.15, -0.1) is 0 Å². The maximum absolute atomic E-state index is 11.8. The Morgan fingerprint density at radius 2 is 2.05 bits per heavy atom. The molecule has 2 fully saturated rings. The molecule has 2 saturated heterocycles. The van der Waals surface area contributed by atoms with Crippen LogP contribution in [0.15, 0.2) is 12.4 Å². The topological polar surface area (TPSA) is 67.4 Å². The highest BCUT2D eigenvalue weighted by atomic mass is 16.5. The van der Waals surface area contributed by atoms with Gasteiger partial charge in [0.2, 0.25) is 5.91 Å². The first-order chi connectivity index (χ1) is 9.34. The summed E-state index contributed by atoms with van der Waals surface area (Å²) in [5.74, 6) is 1.17. The Kier molecular flexibility index (Phi) is 3.59. The smallest absolute Gasteiger partial charge is 0.258 e. The zero-order chi connectivity index (χ0) is 13.1. The molecule has 19 heavy (non-hydrogen) atoms. The molecule has 0 atom stereocenters. The monoisotopic (exact) mass is 262 g/mol. The van der Waals surface area contributed by atoms with E-state index in [0.717, 1.165) is 32.4 Å². The zero-order valence-corrected chi connectivity index (χ0v) is 10.8. The van der Waals surface area contributed by atoms with Gasteiger partial charge in [-0.2, -0.15) is 0 Å². The minimum Gasteiger partial charge on any atom is -0.472 e. The molecule has 0 aliphatic carbocycles. The third-order valence-electron chi connectivity index (χ3n) is 3.54. The van der Waals surface area contributed by atoms with Gasteiger partial charge in [-0.1, -0.05) is 0 Å². The summed E-state index contributed by atoms with van der Waals surface area (Å²) in [6.45, 7) is 2.63. The summed E-state index contributed by atoms with van der Waals surface area (Å²) in [6.07, 6.45) is 6.77. The number of anilines is 1. The van der Waals surface area contributed by atoms with Crippen molar-refractivity contribution < 1.29 is 9.53 Å². The number of amides is 1. The fourth-order valence-electron chi connectivity index (χ4n) is 2.53. The predicted octanol–water partition coefficient (Wildman–Crippen LogP) is 0.734. The van der Waals surface area contributed by atoms with Gasteiger partial charge in [0.15, 0.2) is 5.82 Å². The van der Waals surface area contributed by atoms with Crippen molar-refractivity contribution in [2.24, 2.45) is 0 Å². The molecule has 0 saturated carbocycles. The summed E-state index contributed by atoms with van der Waals surface area (Å²) < 4.78 is 5.94. The Hall–Kier alpha value is -1.69. The normalized spacial score (nSPS) is 20.8. The van der Waals surface area contributed by atoms with Crippen LogP contribution in [0.3, 0.4) is 0 Å². The maximum atomic E-state index is 11.8. The SMILES string of the molecule is O=C1CCCN1c1nccnc1OC1CCNCC1. The average molecular weight is 262 g/mol. The van der Waals surface area contributed by atoms with Gasteiger partial charge in [-0.25, -0.2) is 9.97 Å². The molecular formula is C13H18N4O2. The molecule has 2 aliphatic heterocycles. The van der Waals surface area contributed by atoms with Crippen molar-refractivity contribution in [2.45, 2.75) is 31.8 Å². The summed E-state index contributed by atoms with van der Waals surface area (Å²) >= 11 is 0. The molecule has 3 heterocycles. The number of aromatic nitrogens is 2. The summed E-state index contributed by atoms with van der Waals surface area (Å²) in [7, 11) is 0. The fraction of sp³-hybridized carbons (Fsp3) is 0.615. The molecule has 1 aromatic rings. The molecule has 6 nitrogen and oxygen atoms in total. The molecule has 1 aromatic heterocycles. The van der Waals surface area contributed by atoms with Gasteiger partial charge < -0.3 is 10.1 Å². The van der Waals surface area contributed by atoms with Gasteiger partial charge in [-0.05, 0) is 32.4 Å². The van der Waals surface area contributed by atoms with Crippen LogP contribution < -0.4 is 15.0 Å². The molecule has 2 aliphatic rings. The number of nitrogens with zero attached hydrogens (tertiary/aromatic N) is 3. The van der Waals surface area contributed by atoms with Crippen molar-refractivity contribution in [3.8, 4) is 5.88 Å². The van der Waals surface area contributed by atoms with Gasteiger partial charge in [0.25, 0.3) is 5.88 Å². The predicted molar refractivity (Wildman–Crippen MR) is 70.1 cm³/mol. The van der Waals surface area contributed by atoms with E-state index >= 15 is 0 Å². The first-order valence-electron chi connectivity index (χ1n) is 6.83. The third kappa shape index (κ3) is 2.68. The molecule has 6 heteroatoms. The molecule has 1 amide bonds. The number of hydrogen-bond donors (Lipinski definition) is 1. The van der Waals surface area contributed by atoms with E-state index in [1.807, 2.05) is 0 Å². The summed E-state index contributed by atoms with van der Waals surface area (Å²) in [5, 5.41) is 3.30. The van der Waals surface area contributed by atoms with Crippen LogP contribution in [0.5, 0.6) is 5.88 Å². The van der Waals surface area contributed by atoms with Gasteiger partial charge in [0, 0.05) is 25.4 Å². The molecular weight excluding hydrogens is 244 g/mol. The van der Waals surface area contributed by atoms with Crippen LogP contribution in [0.25, 0.3) is 0 Å². The van der Waals surface area contributed by atoms with E-state index in [9.17, 15) is 4.79 Å². The second-order valence-corrected chi connectivity index (χ2v) is 4.90. The highest BCUT2D eigenvalue weighted by molar-refractivity contribution is 5.95. The fourth-order valence-corrected chi connectivity index (χ4v) is 2.53. The lowest BCUT2D eigenvalue weighted by Crippen LogP contribution is -2.35. The van der Waals surface area contributed by atoms with E-state index in [-0.39, 0.29) is 12.0 Å². The summed E-state index contributed by atoms with van der Waals surface area (Å²) in [6, 6.07) is 0. The van der Waals surface area contributed by atoms with Gasteiger partial charge >= 0.3 is 0 Å². The molecule has 102 valence electrons. The summed E-state index contributed by atoms with van der Waals surface area (Å²) in [5.41, 5.74) is 0. The van der Waals surface area contributed by atoms with E-state index in [0.29, 0.717) is 24.7 Å². The Balaban J connectivity index is 1.78. The molecule has 0 unspecified atom stereocenters. The van der Waals surface area contributed by atoms with Crippen LogP contribution >= 0.6 is 0 Å². The Morgan fingerprint density at radius 3 is 2.79 bits per heavy atom. The number of piperidine rings is 1. The number of nitrogens with one attached hydrogen (secondary N) is 1. The number of hydrogen-bond acceptors (Lipinski definition) is 5. The van der Waals surface area contributed by atoms with Crippen LogP contribution in [0.1, 0.15) is 25.7 Å². The van der Waals surface area contributed by atoms with Crippen LogP contribution in [0.4, 0.5) is 5.82 Å². The highest BCUT2D eigenvalue weighted by Crippen LogP contribution is 2.28. The van der Waals surface area contributed by atoms with Crippen molar-refractivity contribution >= 4 is 11.7 Å². The average Bonchev–Trinajstić information content (AvgIpc) is 2.87. The van der Waals surface area contributed by atoms with Crippen molar-refractivity contribution in [1.82, 2.24) is 15.3 Å². The van der Waals surface area contributed by atoms with Gasteiger partial charge in [0.05, 0.1) is 0 Å². The first-order valence-corrected chi connectivity index (χ1v) is 6.83. The highest BCUT2D eigenvalue weighted by Gasteiger charge is 2.27. The van der Waals surface area contributed by atoms with Crippen molar-refractivity contribution in [1.29, 1.82) is 0 Å². The molecule has 0 aromatic carbocycles. The van der Waals surface area contributed by atoms with E-state index in [1.165, 1.54) is 0 Å². The molecule has 0 spiro atoms. The van der Waals surface area contributed by atoms with E-state index < -0.39 is 0 Å². The van der Waals surface area contributed by atoms with Crippen LogP contribution in [0.2, 0.25) is 0 Å². The molecule has 3 rings (SSSR count). The number of ether oxygens (including phenoxy) is 1. The van der Waals surface area contributed by atoms with Crippen LogP contribution in [-0.2, 0) is 4.79 Å². The lowest BCUT2D eigenvalue weighted by Gasteiger charge is -2.25. The van der Waals surface area contributed by atoms with E-state index in [4.69, 9.17) is 4.74 Å². The lowest BCUT2D eigenvalue weighted by molar-refractivity contribution is -0.117. The third-order valence-corrected chi connectivity index (χ3v) is 3.54. The quantitative estimate of drug-likeness (QED) is 0.870. The zero-order valence-electron chi connectivity index (χ0n) is 10.8. The van der Waals surface area contributed by atoms with E-state index in [2.05, 4.69) is 15.3 Å². The van der Waals surface area contributed by atoms with Crippen molar-refractivity contribution in [3.05, 3.63) is 12.4 Å². The van der Waals surface area contributed by atoms with Crippen molar-refractivity contribution in [3.63, 3.8) is 0 Å². The second-order valence-electron chi connectivity index (χ2n) is 4.90. The minimum atomic E-state index is 0.107. The second kappa shape index (κ2) is 5.52. The van der Waals surface area contributed by atoms with Crippen LogP contribution in [0, 0.1) is 0 Å². The van der Waals surface area contributed by atoms with Crippen LogP contribution in [-0.4, -0.2) is 41.6 Å². The number of carbonyl (C=O) groups excluding carboxylic acids is 1. The molecule has 0 radical (unpaired) electrons. The molecule has 1 N–H and O–H groups in total. The van der Waals surface area contributed by atoms with Gasteiger partial charge in [0.1, 0.15) is 6.10 Å². The lowest BCUT2D eigenvalue weighted by atomic mass is 10.1. The molecule has 0 bridgehead atoms. The Morgan fingerprint density at radius 1 is 1.26 bits per heavy atom. The summed E-state index contributed by atoms with van der Waals surface area (Å²) in [4.78, 5) is 22.0. The van der Waals surface area contributed by atoms with Gasteiger partial charge in [-0.3, -0.25) is 9.69 Å². The minimum absolute atomic E-state index is 0.107. The first kappa shape index (κ1) is 12.3. The van der Waals surface area contributed by atoms with Crippen molar-refractivity contribution in [2.75, 3.05) is 24.5 Å². The Bertz CT molecular complexity index is 460.